The number of halogens is 1. The maximum atomic E-state index is 11.4. The largest absolute Gasteiger partial charge is 0.493 e. The molecule has 0 bridgehead atoms. The molecule has 1 saturated heterocycles. The molecule has 1 unspecified atom stereocenters. The third kappa shape index (κ3) is 4.21. The van der Waals surface area contributed by atoms with Gasteiger partial charge in [0.15, 0.2) is 0 Å². The minimum atomic E-state index is -0.462. The van der Waals surface area contributed by atoms with E-state index in [0.29, 0.717) is 23.8 Å². The third-order valence-corrected chi connectivity index (χ3v) is 3.88. The smallest absolute Gasteiger partial charge is 0.252 e. The van der Waals surface area contributed by atoms with Crippen LogP contribution >= 0.6 is 15.9 Å². The van der Waals surface area contributed by atoms with Crippen molar-refractivity contribution in [2.45, 2.75) is 19.3 Å². The molecule has 1 aromatic rings. The minimum absolute atomic E-state index is 0.427. The SMILES string of the molecule is NC(=O)c1cc(Br)ccc1OCCC1CCCNC1. The van der Waals surface area contributed by atoms with Gasteiger partial charge in [0.25, 0.3) is 5.91 Å². The molecule has 104 valence electrons. The molecule has 1 fully saturated rings. The van der Waals surface area contributed by atoms with Crippen LogP contribution in [-0.2, 0) is 0 Å². The van der Waals surface area contributed by atoms with Crippen molar-refractivity contribution in [2.75, 3.05) is 19.7 Å². The molecule has 3 N–H and O–H groups in total. The Labute approximate surface area is 121 Å². The number of carbonyl (C=O) groups is 1. The van der Waals surface area contributed by atoms with Crippen molar-refractivity contribution in [1.29, 1.82) is 0 Å². The van der Waals surface area contributed by atoms with Crippen LogP contribution in [0.15, 0.2) is 22.7 Å². The highest BCUT2D eigenvalue weighted by molar-refractivity contribution is 9.10. The standard InChI is InChI=1S/C14H19BrN2O2/c15-11-3-4-13(12(8-11)14(16)18)19-7-5-10-2-1-6-17-9-10/h3-4,8,10,17H,1-2,5-7,9H2,(H2,16,18). The van der Waals surface area contributed by atoms with Crippen LogP contribution in [0.1, 0.15) is 29.6 Å². The van der Waals surface area contributed by atoms with Crippen LogP contribution in [0, 0.1) is 5.92 Å². The van der Waals surface area contributed by atoms with Crippen molar-refractivity contribution in [3.63, 3.8) is 0 Å². The first-order chi connectivity index (χ1) is 9.16. The lowest BCUT2D eigenvalue weighted by Gasteiger charge is -2.22. The van der Waals surface area contributed by atoms with Gasteiger partial charge in [-0.1, -0.05) is 15.9 Å². The molecule has 19 heavy (non-hydrogen) atoms. The number of hydrogen-bond donors (Lipinski definition) is 2. The summed E-state index contributed by atoms with van der Waals surface area (Å²) in [7, 11) is 0. The second-order valence-electron chi connectivity index (χ2n) is 4.85. The highest BCUT2D eigenvalue weighted by Gasteiger charge is 2.14. The van der Waals surface area contributed by atoms with Gasteiger partial charge in [0.05, 0.1) is 12.2 Å². The molecule has 0 saturated carbocycles. The number of hydrogen-bond acceptors (Lipinski definition) is 3. The summed E-state index contributed by atoms with van der Waals surface area (Å²) in [5, 5.41) is 3.38. The highest BCUT2D eigenvalue weighted by Crippen LogP contribution is 2.23. The zero-order chi connectivity index (χ0) is 13.7. The first kappa shape index (κ1) is 14.3. The topological polar surface area (TPSA) is 64.4 Å². The summed E-state index contributed by atoms with van der Waals surface area (Å²) < 4.78 is 6.53. The van der Waals surface area contributed by atoms with Gasteiger partial charge in [0, 0.05) is 4.47 Å². The molecular weight excluding hydrogens is 308 g/mol. The van der Waals surface area contributed by atoms with Crippen molar-refractivity contribution in [1.82, 2.24) is 5.32 Å². The van der Waals surface area contributed by atoms with E-state index in [1.54, 1.807) is 12.1 Å². The Balaban J connectivity index is 1.89. The molecule has 0 spiro atoms. The molecule has 0 aromatic heterocycles. The Morgan fingerprint density at radius 2 is 2.37 bits per heavy atom. The molecule has 5 heteroatoms. The summed E-state index contributed by atoms with van der Waals surface area (Å²) >= 11 is 3.32. The number of benzene rings is 1. The van der Waals surface area contributed by atoms with Gasteiger partial charge in [-0.05, 0) is 56.5 Å². The predicted octanol–water partition coefficient (Wildman–Crippen LogP) is 2.32. The Morgan fingerprint density at radius 3 is 3.05 bits per heavy atom. The second kappa shape index (κ2) is 6.91. The number of nitrogens with two attached hydrogens (primary N) is 1. The number of amides is 1. The molecule has 1 aliphatic rings. The Morgan fingerprint density at radius 1 is 1.53 bits per heavy atom. The molecule has 0 radical (unpaired) electrons. The van der Waals surface area contributed by atoms with Crippen LogP contribution in [-0.4, -0.2) is 25.6 Å². The van der Waals surface area contributed by atoms with E-state index in [1.165, 1.54) is 12.8 Å². The molecule has 1 aliphatic heterocycles. The van der Waals surface area contributed by atoms with Crippen LogP contribution in [0.2, 0.25) is 0 Å². The molecule has 1 aromatic carbocycles. The molecule has 1 atom stereocenters. The second-order valence-corrected chi connectivity index (χ2v) is 5.77. The normalized spacial score (nSPS) is 19.1. The van der Waals surface area contributed by atoms with Crippen molar-refractivity contribution in [3.05, 3.63) is 28.2 Å². The van der Waals surface area contributed by atoms with Crippen LogP contribution in [0.25, 0.3) is 0 Å². The Bertz CT molecular complexity index is 445. The molecule has 0 aliphatic carbocycles. The quantitative estimate of drug-likeness (QED) is 0.872. The van der Waals surface area contributed by atoms with Gasteiger partial charge >= 0.3 is 0 Å². The van der Waals surface area contributed by atoms with E-state index < -0.39 is 5.91 Å². The monoisotopic (exact) mass is 326 g/mol. The van der Waals surface area contributed by atoms with Gasteiger partial charge in [0.2, 0.25) is 0 Å². The third-order valence-electron chi connectivity index (χ3n) is 3.39. The Kier molecular flexibility index (Phi) is 5.22. The van der Waals surface area contributed by atoms with Gasteiger partial charge in [-0.25, -0.2) is 0 Å². The molecule has 1 amide bonds. The lowest BCUT2D eigenvalue weighted by atomic mass is 9.97. The lowest BCUT2D eigenvalue weighted by molar-refractivity contribution is 0.0996. The number of ether oxygens (including phenoxy) is 1. The summed E-state index contributed by atoms with van der Waals surface area (Å²) in [5.74, 6) is 0.774. The summed E-state index contributed by atoms with van der Waals surface area (Å²) in [6, 6.07) is 5.33. The van der Waals surface area contributed by atoms with Crippen molar-refractivity contribution in [3.8, 4) is 5.75 Å². The van der Waals surface area contributed by atoms with E-state index in [1.807, 2.05) is 6.07 Å². The number of rotatable bonds is 5. The maximum Gasteiger partial charge on any atom is 0.252 e. The van der Waals surface area contributed by atoms with Crippen molar-refractivity contribution >= 4 is 21.8 Å². The van der Waals surface area contributed by atoms with Gasteiger partial charge in [-0.2, -0.15) is 0 Å². The predicted molar refractivity (Wildman–Crippen MR) is 78.4 cm³/mol. The van der Waals surface area contributed by atoms with Crippen LogP contribution < -0.4 is 15.8 Å². The summed E-state index contributed by atoms with van der Waals surface area (Å²) in [6.07, 6.45) is 3.48. The first-order valence-corrected chi connectivity index (χ1v) is 7.39. The van der Waals surface area contributed by atoms with E-state index in [-0.39, 0.29) is 0 Å². The molecule has 2 rings (SSSR count). The average molecular weight is 327 g/mol. The van der Waals surface area contributed by atoms with Crippen LogP contribution in [0.3, 0.4) is 0 Å². The minimum Gasteiger partial charge on any atom is -0.493 e. The molecule has 4 nitrogen and oxygen atoms in total. The van der Waals surface area contributed by atoms with Crippen LogP contribution in [0.5, 0.6) is 5.75 Å². The van der Waals surface area contributed by atoms with E-state index in [9.17, 15) is 4.79 Å². The fourth-order valence-electron chi connectivity index (χ4n) is 2.33. The summed E-state index contributed by atoms with van der Waals surface area (Å²) in [4.78, 5) is 11.4. The summed E-state index contributed by atoms with van der Waals surface area (Å²) in [6.45, 7) is 2.80. The van der Waals surface area contributed by atoms with Crippen molar-refractivity contribution < 1.29 is 9.53 Å². The number of nitrogens with one attached hydrogen (secondary N) is 1. The highest BCUT2D eigenvalue weighted by atomic mass is 79.9. The van der Waals surface area contributed by atoms with E-state index in [4.69, 9.17) is 10.5 Å². The fraction of sp³-hybridized carbons (Fsp3) is 0.500. The van der Waals surface area contributed by atoms with Gasteiger partial charge in [-0.3, -0.25) is 4.79 Å². The zero-order valence-corrected chi connectivity index (χ0v) is 12.4. The number of primary amides is 1. The van der Waals surface area contributed by atoms with Crippen molar-refractivity contribution in [2.24, 2.45) is 11.7 Å². The van der Waals surface area contributed by atoms with Gasteiger partial charge < -0.3 is 15.8 Å². The Hall–Kier alpha value is -1.07. The zero-order valence-electron chi connectivity index (χ0n) is 10.8. The molecule has 1 heterocycles. The van der Waals surface area contributed by atoms with Crippen LogP contribution in [0.4, 0.5) is 0 Å². The van der Waals surface area contributed by atoms with E-state index >= 15 is 0 Å². The molecular formula is C14H19BrN2O2. The summed E-state index contributed by atoms with van der Waals surface area (Å²) in [5.41, 5.74) is 5.78. The first-order valence-electron chi connectivity index (χ1n) is 6.59. The lowest BCUT2D eigenvalue weighted by Crippen LogP contribution is -2.30. The van der Waals surface area contributed by atoms with E-state index in [2.05, 4.69) is 21.2 Å². The van der Waals surface area contributed by atoms with Gasteiger partial charge in [0.1, 0.15) is 5.75 Å². The fourth-order valence-corrected chi connectivity index (χ4v) is 2.69. The maximum absolute atomic E-state index is 11.4. The average Bonchev–Trinajstić information content (AvgIpc) is 2.41. The van der Waals surface area contributed by atoms with Gasteiger partial charge in [-0.15, -0.1) is 0 Å². The van der Waals surface area contributed by atoms with E-state index in [0.717, 1.165) is 24.0 Å². The number of carbonyl (C=O) groups excluding carboxylic acids is 1. The number of piperidine rings is 1.